The van der Waals surface area contributed by atoms with Crippen LogP contribution in [-0.2, 0) is 22.8 Å². The molecule has 6 rings (SSSR count). The molecule has 2 aliphatic carbocycles. The average molecular weight is 565 g/mol. The summed E-state index contributed by atoms with van der Waals surface area (Å²) in [6.07, 6.45) is 0.578. The van der Waals surface area contributed by atoms with Crippen molar-refractivity contribution in [3.63, 3.8) is 0 Å². The van der Waals surface area contributed by atoms with Gasteiger partial charge in [0, 0.05) is 47.2 Å². The summed E-state index contributed by atoms with van der Waals surface area (Å²) in [5.41, 5.74) is 1.39. The fourth-order valence-electron chi connectivity index (χ4n) is 8.02. The summed E-state index contributed by atoms with van der Waals surface area (Å²) in [6, 6.07) is 8.19. The molecule has 1 amide bonds. The zero-order valence-corrected chi connectivity index (χ0v) is 23.4. The van der Waals surface area contributed by atoms with Gasteiger partial charge in [-0.3, -0.25) is 9.69 Å². The SMILES string of the molecule is C=CCN1CC[C@@]23c4c5ccc(O)c4C[C@@H]1[C@@H]2CC[C@@H](N(CC(C)C)C(=O)C#Cc1ccc(C(F)(F)F)cc1)[C@@H]3O5. The average Bonchev–Trinajstić information content (AvgIpc) is 3.26. The molecule has 216 valence electrons. The third kappa shape index (κ3) is 4.50. The summed E-state index contributed by atoms with van der Waals surface area (Å²) in [5.74, 6) is 6.79. The van der Waals surface area contributed by atoms with E-state index in [-0.39, 0.29) is 35.4 Å². The second-order valence-corrected chi connectivity index (χ2v) is 12.2. The topological polar surface area (TPSA) is 53.0 Å². The van der Waals surface area contributed by atoms with Gasteiger partial charge in [-0.05, 0) is 80.5 Å². The van der Waals surface area contributed by atoms with Crippen LogP contribution < -0.4 is 4.74 Å². The molecular formula is C33H35F3N2O3. The summed E-state index contributed by atoms with van der Waals surface area (Å²) in [7, 11) is 0. The van der Waals surface area contributed by atoms with Crippen LogP contribution in [0, 0.1) is 23.7 Å². The molecule has 1 N–H and O–H groups in total. The molecule has 8 heteroatoms. The van der Waals surface area contributed by atoms with Crippen LogP contribution in [0.25, 0.3) is 0 Å². The van der Waals surface area contributed by atoms with Crippen LogP contribution in [0.5, 0.6) is 11.5 Å². The predicted molar refractivity (Wildman–Crippen MR) is 149 cm³/mol. The number of ether oxygens (including phenoxy) is 1. The Morgan fingerprint density at radius 2 is 2.00 bits per heavy atom. The number of phenols is 1. The smallest absolute Gasteiger partial charge is 0.416 e. The molecule has 5 nitrogen and oxygen atoms in total. The molecule has 2 fully saturated rings. The van der Waals surface area contributed by atoms with Gasteiger partial charge in [0.1, 0.15) is 17.6 Å². The van der Waals surface area contributed by atoms with Crippen LogP contribution in [0.15, 0.2) is 49.1 Å². The van der Waals surface area contributed by atoms with Crippen molar-refractivity contribution in [3.05, 3.63) is 71.3 Å². The first-order valence-corrected chi connectivity index (χ1v) is 14.4. The van der Waals surface area contributed by atoms with Crippen molar-refractivity contribution < 1.29 is 27.8 Å². The minimum Gasteiger partial charge on any atom is -0.508 e. The first-order chi connectivity index (χ1) is 19.5. The quantitative estimate of drug-likeness (QED) is 0.383. The summed E-state index contributed by atoms with van der Waals surface area (Å²) in [4.78, 5) is 18.0. The van der Waals surface area contributed by atoms with E-state index in [4.69, 9.17) is 4.74 Å². The van der Waals surface area contributed by atoms with Gasteiger partial charge in [-0.1, -0.05) is 25.8 Å². The van der Waals surface area contributed by atoms with E-state index in [1.165, 1.54) is 12.1 Å². The van der Waals surface area contributed by atoms with Gasteiger partial charge in [0.2, 0.25) is 0 Å². The van der Waals surface area contributed by atoms with E-state index in [1.807, 2.05) is 17.0 Å². The highest BCUT2D eigenvalue weighted by atomic mass is 19.4. The van der Waals surface area contributed by atoms with Crippen molar-refractivity contribution in [1.82, 2.24) is 9.80 Å². The van der Waals surface area contributed by atoms with Gasteiger partial charge in [0.15, 0.2) is 0 Å². The summed E-state index contributed by atoms with van der Waals surface area (Å²) >= 11 is 0. The van der Waals surface area contributed by atoms with Crippen molar-refractivity contribution >= 4 is 5.91 Å². The molecule has 1 saturated carbocycles. The van der Waals surface area contributed by atoms with Crippen LogP contribution in [0.1, 0.15) is 55.4 Å². The molecule has 2 heterocycles. The number of likely N-dealkylation sites (tertiary alicyclic amines) is 1. The van der Waals surface area contributed by atoms with Crippen molar-refractivity contribution in [2.24, 2.45) is 11.8 Å². The van der Waals surface area contributed by atoms with E-state index >= 15 is 0 Å². The van der Waals surface area contributed by atoms with Crippen molar-refractivity contribution in [2.45, 2.75) is 69.3 Å². The van der Waals surface area contributed by atoms with Crippen LogP contribution in [0.3, 0.4) is 0 Å². The lowest BCUT2D eigenvalue weighted by molar-refractivity contribution is -0.138. The maximum absolute atomic E-state index is 13.7. The molecule has 5 atom stereocenters. The Morgan fingerprint density at radius 3 is 2.68 bits per heavy atom. The molecule has 0 unspecified atom stereocenters. The number of nitrogens with zero attached hydrogens (tertiary/aromatic N) is 2. The number of aromatic hydroxyl groups is 1. The van der Waals surface area contributed by atoms with Crippen molar-refractivity contribution in [1.29, 1.82) is 0 Å². The number of phenolic OH excluding ortho intramolecular Hbond substituents is 1. The molecule has 4 aliphatic rings. The van der Waals surface area contributed by atoms with Gasteiger partial charge in [0.25, 0.3) is 5.91 Å². The second kappa shape index (κ2) is 10.1. The minimum atomic E-state index is -4.43. The van der Waals surface area contributed by atoms with Gasteiger partial charge in [-0.2, -0.15) is 13.2 Å². The fourth-order valence-corrected chi connectivity index (χ4v) is 8.02. The Labute approximate surface area is 239 Å². The highest BCUT2D eigenvalue weighted by Crippen LogP contribution is 2.63. The largest absolute Gasteiger partial charge is 0.508 e. The van der Waals surface area contributed by atoms with Crippen LogP contribution in [0.4, 0.5) is 13.2 Å². The molecule has 2 aromatic carbocycles. The Kier molecular flexibility index (Phi) is 6.85. The summed E-state index contributed by atoms with van der Waals surface area (Å²) < 4.78 is 45.7. The number of hydrogen-bond donors (Lipinski definition) is 1. The Bertz CT molecular complexity index is 1420. The molecule has 2 aromatic rings. The third-order valence-corrected chi connectivity index (χ3v) is 9.53. The van der Waals surface area contributed by atoms with Gasteiger partial charge >= 0.3 is 6.18 Å². The van der Waals surface area contributed by atoms with E-state index < -0.39 is 11.7 Å². The van der Waals surface area contributed by atoms with Crippen molar-refractivity contribution in [3.8, 4) is 23.3 Å². The molecular weight excluding hydrogens is 529 g/mol. The number of carbonyl (C=O) groups is 1. The first kappa shape index (κ1) is 27.7. The first-order valence-electron chi connectivity index (χ1n) is 14.4. The van der Waals surface area contributed by atoms with Gasteiger partial charge < -0.3 is 14.7 Å². The summed E-state index contributed by atoms with van der Waals surface area (Å²) in [6.45, 7) is 10.2. The number of hydrogen-bond acceptors (Lipinski definition) is 4. The van der Waals surface area contributed by atoms with Crippen LogP contribution in [-0.4, -0.2) is 58.6 Å². The Balaban J connectivity index is 1.35. The highest BCUT2D eigenvalue weighted by Gasteiger charge is 2.66. The minimum absolute atomic E-state index is 0.180. The lowest BCUT2D eigenvalue weighted by Gasteiger charge is -2.60. The zero-order valence-electron chi connectivity index (χ0n) is 23.4. The van der Waals surface area contributed by atoms with E-state index in [1.54, 1.807) is 6.07 Å². The van der Waals surface area contributed by atoms with Crippen molar-refractivity contribution in [2.75, 3.05) is 19.6 Å². The number of rotatable bonds is 5. The number of amides is 1. The van der Waals surface area contributed by atoms with E-state index in [0.29, 0.717) is 23.8 Å². The molecule has 2 bridgehead atoms. The number of piperidine rings is 1. The molecule has 1 saturated heterocycles. The van der Waals surface area contributed by atoms with Crippen LogP contribution in [0.2, 0.25) is 0 Å². The number of alkyl halides is 3. The van der Waals surface area contributed by atoms with Crippen LogP contribution >= 0.6 is 0 Å². The number of halogens is 3. The number of benzene rings is 2. The standard InChI is InChI=1S/C33H35F3N2O3/c1-4-16-37-17-15-32-24-10-11-25(31(32)41-28-13-12-27(39)23(30(28)32)18-26(24)37)38(19-20(2)3)29(40)14-7-21-5-8-22(9-6-21)33(34,35)36/h4-6,8-9,12-13,20,24-26,31,39H,1,10-11,15-19H2,2-3H3/t24-,25+,26+,31-,32-/m0/s1. The van der Waals surface area contributed by atoms with Gasteiger partial charge in [-0.15, -0.1) is 6.58 Å². The third-order valence-electron chi connectivity index (χ3n) is 9.53. The maximum atomic E-state index is 13.7. The molecule has 1 spiro atoms. The molecule has 41 heavy (non-hydrogen) atoms. The molecule has 2 aliphatic heterocycles. The second-order valence-electron chi connectivity index (χ2n) is 12.2. The fraction of sp³-hybridized carbons (Fsp3) is 0.485. The van der Waals surface area contributed by atoms with Gasteiger partial charge in [-0.25, -0.2) is 0 Å². The Morgan fingerprint density at radius 1 is 1.24 bits per heavy atom. The summed E-state index contributed by atoms with van der Waals surface area (Å²) in [5, 5.41) is 10.9. The monoisotopic (exact) mass is 564 g/mol. The highest BCUT2D eigenvalue weighted by molar-refractivity contribution is 5.94. The predicted octanol–water partition coefficient (Wildman–Crippen LogP) is 5.54. The van der Waals surface area contributed by atoms with Gasteiger partial charge in [0.05, 0.1) is 11.6 Å². The number of carbonyl (C=O) groups excluding carboxylic acids is 1. The normalized spacial score (nSPS) is 27.9. The lowest BCUT2D eigenvalue weighted by atomic mass is 9.51. The van der Waals surface area contributed by atoms with E-state index in [0.717, 1.165) is 67.8 Å². The molecule has 0 radical (unpaired) electrons. The molecule has 0 aromatic heterocycles. The lowest BCUT2D eigenvalue weighted by Crippen LogP contribution is -2.69. The van der Waals surface area contributed by atoms with E-state index in [2.05, 4.69) is 37.2 Å². The maximum Gasteiger partial charge on any atom is 0.416 e. The zero-order chi connectivity index (χ0) is 29.1. The van der Waals surface area contributed by atoms with E-state index in [9.17, 15) is 23.1 Å². The Hall–Kier alpha value is -3.44.